The molecule has 140 valence electrons. The molecule has 0 fully saturated rings. The van der Waals surface area contributed by atoms with Crippen molar-refractivity contribution in [2.75, 3.05) is 6.54 Å². The first-order valence-electron chi connectivity index (χ1n) is 9.32. The van der Waals surface area contributed by atoms with Crippen LogP contribution in [-0.2, 0) is 13.0 Å². The summed E-state index contributed by atoms with van der Waals surface area (Å²) < 4.78 is 19.2. The molecule has 0 saturated heterocycles. The summed E-state index contributed by atoms with van der Waals surface area (Å²) in [5.41, 5.74) is 4.68. The molecular weight excluding hydrogens is 353 g/mol. The van der Waals surface area contributed by atoms with Gasteiger partial charge in [0.25, 0.3) is 0 Å². The van der Waals surface area contributed by atoms with Gasteiger partial charge >= 0.3 is 0 Å². The number of aromatic nitrogens is 1. The van der Waals surface area contributed by atoms with Crippen molar-refractivity contribution in [3.8, 4) is 22.9 Å². The molecule has 1 unspecified atom stereocenters. The first-order chi connectivity index (χ1) is 13.7. The van der Waals surface area contributed by atoms with Crippen molar-refractivity contribution in [1.82, 2.24) is 10.3 Å². The standard InChI is InChI=1S/C23H20FN3O/c24-20-6-4-17(5-7-20)19-10-16(12-26-14-19)13-27-15-21-8-9-22-18(11-25)2-1-3-23(22)28-21/h1-7,10,12,14,21,27H,8-9,13,15H2. The molecule has 0 saturated carbocycles. The molecule has 0 bridgehead atoms. The summed E-state index contributed by atoms with van der Waals surface area (Å²) in [6.45, 7) is 1.39. The minimum atomic E-state index is -0.245. The van der Waals surface area contributed by atoms with E-state index in [1.807, 2.05) is 24.4 Å². The molecule has 2 heterocycles. The number of nitrogens with zero attached hydrogens (tertiary/aromatic N) is 2. The molecule has 1 aromatic heterocycles. The van der Waals surface area contributed by atoms with E-state index in [1.165, 1.54) is 12.1 Å². The lowest BCUT2D eigenvalue weighted by molar-refractivity contribution is 0.170. The van der Waals surface area contributed by atoms with Crippen LogP contribution in [0.3, 0.4) is 0 Å². The lowest BCUT2D eigenvalue weighted by Gasteiger charge is -2.27. The zero-order chi connectivity index (χ0) is 19.3. The van der Waals surface area contributed by atoms with E-state index < -0.39 is 0 Å². The van der Waals surface area contributed by atoms with Gasteiger partial charge in [-0.25, -0.2) is 4.39 Å². The van der Waals surface area contributed by atoms with Gasteiger partial charge in [0.05, 0.1) is 11.6 Å². The third kappa shape index (κ3) is 4.03. The Labute approximate surface area is 163 Å². The van der Waals surface area contributed by atoms with E-state index in [-0.39, 0.29) is 11.9 Å². The van der Waals surface area contributed by atoms with Crippen LogP contribution >= 0.6 is 0 Å². The van der Waals surface area contributed by atoms with Crippen molar-refractivity contribution in [2.24, 2.45) is 0 Å². The number of hydrogen-bond donors (Lipinski definition) is 1. The van der Waals surface area contributed by atoms with Crippen molar-refractivity contribution >= 4 is 0 Å². The first kappa shape index (κ1) is 18.1. The minimum Gasteiger partial charge on any atom is -0.489 e. The number of hydrogen-bond acceptors (Lipinski definition) is 4. The fourth-order valence-electron chi connectivity index (χ4n) is 3.49. The molecule has 0 spiro atoms. The van der Waals surface area contributed by atoms with Gasteiger partial charge in [0, 0.05) is 36.6 Å². The molecule has 2 aromatic carbocycles. The fourth-order valence-corrected chi connectivity index (χ4v) is 3.49. The van der Waals surface area contributed by atoms with Crippen LogP contribution in [0.2, 0.25) is 0 Å². The summed E-state index contributed by atoms with van der Waals surface area (Å²) in [5, 5.41) is 12.6. The van der Waals surface area contributed by atoms with Gasteiger partial charge in [0.1, 0.15) is 17.7 Å². The van der Waals surface area contributed by atoms with Crippen molar-refractivity contribution in [2.45, 2.75) is 25.5 Å². The van der Waals surface area contributed by atoms with Crippen LogP contribution in [0.25, 0.3) is 11.1 Å². The van der Waals surface area contributed by atoms with Gasteiger partial charge in [-0.05, 0) is 54.3 Å². The molecule has 0 radical (unpaired) electrons. The predicted molar refractivity (Wildman–Crippen MR) is 105 cm³/mol. The molecular formula is C23H20FN3O. The smallest absolute Gasteiger partial charge is 0.124 e. The highest BCUT2D eigenvalue weighted by atomic mass is 19.1. The Balaban J connectivity index is 1.35. The van der Waals surface area contributed by atoms with Gasteiger partial charge < -0.3 is 10.1 Å². The zero-order valence-electron chi connectivity index (χ0n) is 15.4. The van der Waals surface area contributed by atoms with E-state index >= 15 is 0 Å². The van der Waals surface area contributed by atoms with Crippen molar-refractivity contribution < 1.29 is 9.13 Å². The van der Waals surface area contributed by atoms with Crippen LogP contribution in [0.4, 0.5) is 4.39 Å². The highest BCUT2D eigenvalue weighted by Crippen LogP contribution is 2.29. The summed E-state index contributed by atoms with van der Waals surface area (Å²) in [5.74, 6) is 0.572. The second-order valence-corrected chi connectivity index (χ2v) is 6.89. The van der Waals surface area contributed by atoms with Gasteiger partial charge in [0.2, 0.25) is 0 Å². The van der Waals surface area contributed by atoms with E-state index in [1.54, 1.807) is 18.3 Å². The molecule has 4 rings (SSSR count). The number of benzene rings is 2. The lowest BCUT2D eigenvalue weighted by atomic mass is 9.97. The average Bonchev–Trinajstić information content (AvgIpc) is 2.74. The molecule has 1 N–H and O–H groups in total. The van der Waals surface area contributed by atoms with Crippen LogP contribution < -0.4 is 10.1 Å². The molecule has 1 aliphatic rings. The van der Waals surface area contributed by atoms with Crippen molar-refractivity contribution in [1.29, 1.82) is 5.26 Å². The number of fused-ring (bicyclic) bond motifs is 1. The fraction of sp³-hybridized carbons (Fsp3) is 0.217. The molecule has 4 nitrogen and oxygen atoms in total. The van der Waals surface area contributed by atoms with Crippen LogP contribution in [0.5, 0.6) is 5.75 Å². The van der Waals surface area contributed by atoms with Crippen LogP contribution in [0.15, 0.2) is 60.9 Å². The minimum absolute atomic E-state index is 0.0784. The average molecular weight is 373 g/mol. The van der Waals surface area contributed by atoms with Gasteiger partial charge in [0.15, 0.2) is 0 Å². The number of nitrogens with one attached hydrogen (secondary N) is 1. The van der Waals surface area contributed by atoms with Gasteiger partial charge in [-0.15, -0.1) is 0 Å². The molecule has 5 heteroatoms. The van der Waals surface area contributed by atoms with Crippen LogP contribution in [-0.4, -0.2) is 17.6 Å². The summed E-state index contributed by atoms with van der Waals surface area (Å²) in [7, 11) is 0. The third-order valence-electron chi connectivity index (χ3n) is 4.94. The van der Waals surface area contributed by atoms with E-state index in [0.29, 0.717) is 12.1 Å². The molecule has 28 heavy (non-hydrogen) atoms. The molecule has 1 atom stereocenters. The molecule has 1 aliphatic heterocycles. The van der Waals surface area contributed by atoms with E-state index in [0.717, 1.165) is 47.4 Å². The Hall–Kier alpha value is -3.23. The maximum absolute atomic E-state index is 13.1. The topological polar surface area (TPSA) is 57.9 Å². The molecule has 0 aliphatic carbocycles. The summed E-state index contributed by atoms with van der Waals surface area (Å²) in [6, 6.07) is 16.3. The quantitative estimate of drug-likeness (QED) is 0.727. The van der Waals surface area contributed by atoms with Crippen molar-refractivity contribution in [3.05, 3.63) is 83.4 Å². The number of pyridine rings is 1. The van der Waals surface area contributed by atoms with Crippen LogP contribution in [0, 0.1) is 17.1 Å². The third-order valence-corrected chi connectivity index (χ3v) is 4.94. The second-order valence-electron chi connectivity index (χ2n) is 6.89. The SMILES string of the molecule is N#Cc1cccc2c1CCC(CNCc1cncc(-c3ccc(F)cc3)c1)O2. The first-order valence-corrected chi connectivity index (χ1v) is 9.32. The zero-order valence-corrected chi connectivity index (χ0v) is 15.4. The Morgan fingerprint density at radius 3 is 2.82 bits per heavy atom. The van der Waals surface area contributed by atoms with E-state index in [9.17, 15) is 9.65 Å². The van der Waals surface area contributed by atoms with Crippen LogP contribution in [0.1, 0.15) is 23.1 Å². The maximum Gasteiger partial charge on any atom is 0.124 e. The van der Waals surface area contributed by atoms with Gasteiger partial charge in [-0.2, -0.15) is 5.26 Å². The largest absolute Gasteiger partial charge is 0.489 e. The van der Waals surface area contributed by atoms with E-state index in [2.05, 4.69) is 22.4 Å². The molecule has 0 amide bonds. The summed E-state index contributed by atoms with van der Waals surface area (Å²) >= 11 is 0. The monoisotopic (exact) mass is 373 g/mol. The number of halogens is 1. The van der Waals surface area contributed by atoms with Crippen molar-refractivity contribution in [3.63, 3.8) is 0 Å². The Bertz CT molecular complexity index is 1010. The molecule has 3 aromatic rings. The number of rotatable bonds is 5. The Morgan fingerprint density at radius 2 is 2.00 bits per heavy atom. The van der Waals surface area contributed by atoms with Gasteiger partial charge in [-0.3, -0.25) is 4.98 Å². The predicted octanol–water partition coefficient (Wildman–Crippen LogP) is 4.24. The Kier molecular flexibility index (Phi) is 5.31. The van der Waals surface area contributed by atoms with E-state index in [4.69, 9.17) is 4.74 Å². The highest BCUT2D eigenvalue weighted by molar-refractivity contribution is 5.62. The number of nitriles is 1. The van der Waals surface area contributed by atoms with Gasteiger partial charge in [-0.1, -0.05) is 18.2 Å². The normalized spacial score (nSPS) is 15.4. The lowest BCUT2D eigenvalue weighted by Crippen LogP contribution is -2.34. The highest BCUT2D eigenvalue weighted by Gasteiger charge is 2.21. The maximum atomic E-state index is 13.1. The Morgan fingerprint density at radius 1 is 1.14 bits per heavy atom. The second kappa shape index (κ2) is 8.20. The summed E-state index contributed by atoms with van der Waals surface area (Å²) in [4.78, 5) is 4.30. The summed E-state index contributed by atoms with van der Waals surface area (Å²) in [6.07, 6.45) is 5.43. The number of ether oxygens (including phenoxy) is 1.